The van der Waals surface area contributed by atoms with Crippen molar-refractivity contribution in [2.75, 3.05) is 150 Å². The summed E-state index contributed by atoms with van der Waals surface area (Å²) in [5, 5.41) is 14.1. The van der Waals surface area contributed by atoms with Crippen LogP contribution in [-0.2, 0) is 64.2 Å². The van der Waals surface area contributed by atoms with Crippen LogP contribution in [0.1, 0.15) is 198 Å². The van der Waals surface area contributed by atoms with Crippen molar-refractivity contribution in [2.24, 2.45) is 10.2 Å². The fourth-order valence-corrected chi connectivity index (χ4v) is 28.0. The van der Waals surface area contributed by atoms with E-state index in [0.29, 0.717) is 175 Å². The number of fused-ring (bicyclic) bond motifs is 12. The molecule has 7 aromatic carbocycles. The molecule has 24 nitrogen and oxygen atoms in total. The molecule has 0 bridgehead atoms. The van der Waals surface area contributed by atoms with E-state index in [1.54, 1.807) is 22.4 Å². The Morgan fingerprint density at radius 2 is 0.552 bits per heavy atom. The highest BCUT2D eigenvalue weighted by Gasteiger charge is 2.60. The molecule has 7 aromatic rings. The van der Waals surface area contributed by atoms with E-state index in [1.165, 1.54) is 0 Å². The summed E-state index contributed by atoms with van der Waals surface area (Å²) < 4.78 is 92.6. The Morgan fingerprint density at radius 1 is 0.319 bits per heavy atom. The first-order valence-electron chi connectivity index (χ1n) is 41.8. The van der Waals surface area contributed by atoms with E-state index in [9.17, 15) is 0 Å². The Bertz CT molecular complexity index is 4120. The third-order valence-corrected chi connectivity index (χ3v) is 33.5. The Morgan fingerprint density at radius 3 is 0.776 bits per heavy atom. The van der Waals surface area contributed by atoms with E-state index >= 15 is 9.59 Å². The number of hydrogen-bond donors (Lipinski definition) is 0. The highest BCUT2D eigenvalue weighted by molar-refractivity contribution is 6.63. The number of benzene rings is 7. The molecule has 0 fully saturated rings. The largest absolute Gasteiger partial charge is 0.521 e. The van der Waals surface area contributed by atoms with Crippen LogP contribution in [0.5, 0.6) is 23.0 Å². The molecule has 0 saturated carbocycles. The topological polar surface area (TPSA) is 208 Å². The highest BCUT2D eigenvalue weighted by Crippen LogP contribution is 2.62. The van der Waals surface area contributed by atoms with Crippen molar-refractivity contribution in [3.63, 3.8) is 0 Å². The molecule has 2 amide bonds. The summed E-state index contributed by atoms with van der Waals surface area (Å²) in [7, 11) is -13.1. The van der Waals surface area contributed by atoms with Gasteiger partial charge in [-0.1, -0.05) is 54.6 Å². The minimum Gasteiger partial charge on any atom is -0.456 e. The lowest BCUT2D eigenvalue weighted by molar-refractivity contribution is 0.0667. The molecule has 0 radical (unpaired) electrons. The lowest BCUT2D eigenvalue weighted by atomic mass is 9.74. The summed E-state index contributed by atoms with van der Waals surface area (Å²) in [6, 6.07) is 40.3. The van der Waals surface area contributed by atoms with Gasteiger partial charge in [-0.15, -0.1) is 0 Å². The quantitative estimate of drug-likeness (QED) is 0.0257. The molecule has 4 aliphatic rings. The molecule has 626 valence electrons. The van der Waals surface area contributed by atoms with Crippen molar-refractivity contribution >= 4 is 82.2 Å². The maximum Gasteiger partial charge on any atom is 0.521 e. The molecular formula is C88H122N8O16Si4. The number of amides is 2. The standard InChI is InChI=1S/C88H122N8O16Si4/c1-21-91(59-113(99-25-5,100-26-6)101-27-7)77-53-81-73(48-63(77)17)87(74-49-64(18)78(54-82(74)111-81)92(22-2)60-114(102-28-8,103-29-9)104-30-10)71-46-39-37-44-69(71)85(97)95(87)89-57-67-42-41-43-68(52-67)58-90-96-86(98)70-45-38-40-47-72(70)88(96)75-50-65(19)79(93(23-3)61-115(105-31-11,106-32-12)107-33-13)55-83(75)112-84-56-80(66(20)51-76(84)88)94(24-4)62-116(108-34-14,109-35-15)110-36-16/h37-58H,21-36,59-62H2,1-20H3/b89-57+,90-58+. The van der Waals surface area contributed by atoms with Crippen molar-refractivity contribution in [3.05, 3.63) is 199 Å². The first-order valence-corrected chi connectivity index (χ1v) is 49.5. The molecule has 4 heterocycles. The van der Waals surface area contributed by atoms with Crippen molar-refractivity contribution < 1.29 is 72.2 Å². The number of hydrogen-bond acceptors (Lipinski definition) is 22. The summed E-state index contributed by atoms with van der Waals surface area (Å²) in [5.41, 5.74) is 11.2. The van der Waals surface area contributed by atoms with Crippen LogP contribution in [0.15, 0.2) is 132 Å². The van der Waals surface area contributed by atoms with Gasteiger partial charge in [-0.3, -0.25) is 9.59 Å². The molecule has 0 unspecified atom stereocenters. The minimum absolute atomic E-state index is 0.305. The van der Waals surface area contributed by atoms with Crippen LogP contribution >= 0.6 is 0 Å². The first kappa shape index (κ1) is 88.8. The van der Waals surface area contributed by atoms with Crippen LogP contribution in [-0.4, -0.2) is 200 Å². The van der Waals surface area contributed by atoms with E-state index in [4.69, 9.17) is 72.8 Å². The zero-order chi connectivity index (χ0) is 83.3. The predicted octanol–water partition coefficient (Wildman–Crippen LogP) is 16.4. The first-order chi connectivity index (χ1) is 56.1. The number of carbonyl (C=O) groups is 2. The zero-order valence-corrected chi connectivity index (χ0v) is 76.0. The third-order valence-electron chi connectivity index (χ3n) is 21.7. The van der Waals surface area contributed by atoms with Gasteiger partial charge in [-0.25, -0.2) is 10.0 Å². The second-order valence-corrected chi connectivity index (χ2v) is 38.8. The van der Waals surface area contributed by atoms with Crippen LogP contribution in [0.4, 0.5) is 22.7 Å². The molecule has 0 N–H and O–H groups in total. The van der Waals surface area contributed by atoms with Crippen LogP contribution < -0.4 is 29.1 Å². The number of ether oxygens (including phenoxy) is 2. The smallest absolute Gasteiger partial charge is 0.456 e. The molecule has 4 aliphatic heterocycles. The molecule has 11 rings (SSSR count). The Kier molecular flexibility index (Phi) is 29.7. The average molecular weight is 1660 g/mol. The van der Waals surface area contributed by atoms with Crippen LogP contribution in [0, 0.1) is 27.7 Å². The van der Waals surface area contributed by atoms with E-state index in [1.807, 2.05) is 156 Å². The second kappa shape index (κ2) is 38.8. The summed E-state index contributed by atoms with van der Waals surface area (Å²) >= 11 is 0. The Hall–Kier alpha value is -7.99. The molecule has 0 aromatic heterocycles. The number of rotatable bonds is 44. The molecular weight excluding hydrogens is 1540 g/mol. The van der Waals surface area contributed by atoms with Crippen molar-refractivity contribution in [1.29, 1.82) is 0 Å². The number of anilines is 4. The maximum absolute atomic E-state index is 16.0. The fourth-order valence-electron chi connectivity index (χ4n) is 17.2. The van der Waals surface area contributed by atoms with Crippen molar-refractivity contribution in [2.45, 2.75) is 150 Å². The van der Waals surface area contributed by atoms with E-state index < -0.39 is 46.3 Å². The van der Waals surface area contributed by atoms with Gasteiger partial charge in [0, 0.05) is 197 Å². The Labute approximate surface area is 692 Å². The second-order valence-electron chi connectivity index (χ2n) is 28.6. The maximum atomic E-state index is 16.0. The third kappa shape index (κ3) is 17.0. The van der Waals surface area contributed by atoms with Gasteiger partial charge < -0.3 is 82.2 Å². The fraction of sp³-hybridized carbons (Fsp3) is 0.477. The summed E-state index contributed by atoms with van der Waals surface area (Å²) in [5.74, 6) is 1.53. The molecule has 116 heavy (non-hydrogen) atoms. The lowest BCUT2D eigenvalue weighted by Crippen LogP contribution is -2.56. The van der Waals surface area contributed by atoms with Gasteiger partial charge in [0.05, 0.1) is 37.1 Å². The van der Waals surface area contributed by atoms with Gasteiger partial charge >= 0.3 is 35.2 Å². The van der Waals surface area contributed by atoms with Gasteiger partial charge in [-0.05, 0) is 214 Å². The molecule has 28 heteroatoms. The van der Waals surface area contributed by atoms with Crippen LogP contribution in [0.25, 0.3) is 0 Å². The lowest BCUT2D eigenvalue weighted by Gasteiger charge is -2.43. The summed E-state index contributed by atoms with van der Waals surface area (Å²) in [6.07, 6.45) is 4.98. The number of hydrazone groups is 2. The molecule has 0 atom stereocenters. The van der Waals surface area contributed by atoms with E-state index in [-0.39, 0.29) is 11.8 Å². The van der Waals surface area contributed by atoms with Crippen LogP contribution in [0.3, 0.4) is 0 Å². The number of carbonyl (C=O) groups excluding carboxylic acids is 2. The van der Waals surface area contributed by atoms with Crippen molar-refractivity contribution in [1.82, 2.24) is 10.0 Å². The van der Waals surface area contributed by atoms with Gasteiger partial charge in [-0.2, -0.15) is 10.2 Å². The highest BCUT2D eigenvalue weighted by atomic mass is 28.4. The predicted molar refractivity (Wildman–Crippen MR) is 466 cm³/mol. The normalized spacial score (nSPS) is 14.7. The van der Waals surface area contributed by atoms with Gasteiger partial charge in [0.2, 0.25) is 0 Å². The average Bonchev–Trinajstić information content (AvgIpc) is 1.47. The van der Waals surface area contributed by atoms with Gasteiger partial charge in [0.15, 0.2) is 0 Å². The SMILES string of the molecule is CCO[Si](CN(CC)c1cc2c(cc1C)C1(c3cc(C)c(N(CC)C[Si](OCC)(OCC)OCC)cc3O2)c2ccccc2C(=O)N1/N=C/c1cccc(/C=N/N2C(=O)c3ccccc3C23c2cc(C)c(N(CC)C[Si](OCC)(OCC)OCC)cc2Oc2cc(N(CC)C[Si](OCC)(OCC)OCC)c(C)cc23)c1)(OCC)OCC. The van der Waals surface area contributed by atoms with Crippen LogP contribution in [0.2, 0.25) is 0 Å². The number of nitrogens with zero attached hydrogens (tertiary/aromatic N) is 8. The monoisotopic (exact) mass is 1660 g/mol. The van der Waals surface area contributed by atoms with Gasteiger partial charge in [0.25, 0.3) is 11.8 Å². The zero-order valence-electron chi connectivity index (χ0n) is 72.0. The summed E-state index contributed by atoms with van der Waals surface area (Å²) in [6.45, 7) is 47.8. The molecule has 0 aliphatic carbocycles. The minimum atomic E-state index is -3.27. The molecule has 2 spiro atoms. The summed E-state index contributed by atoms with van der Waals surface area (Å²) in [4.78, 5) is 40.9. The number of aryl methyl sites for hydroxylation is 4. The van der Waals surface area contributed by atoms with Gasteiger partial charge in [0.1, 0.15) is 34.1 Å². The Balaban J connectivity index is 1.08. The molecule has 0 saturated heterocycles. The van der Waals surface area contributed by atoms with Crippen molar-refractivity contribution in [3.8, 4) is 23.0 Å². The van der Waals surface area contributed by atoms with E-state index in [2.05, 4.69) is 124 Å². The van der Waals surface area contributed by atoms with E-state index in [0.717, 1.165) is 78.4 Å².